The summed E-state index contributed by atoms with van der Waals surface area (Å²) in [6.45, 7) is 1.79. The molecule has 1 unspecified atom stereocenters. The number of ether oxygens (including phenoxy) is 2. The zero-order chi connectivity index (χ0) is 16.2. The Morgan fingerprint density at radius 3 is 2.27 bits per heavy atom. The van der Waals surface area contributed by atoms with Gasteiger partial charge < -0.3 is 9.47 Å². The van der Waals surface area contributed by atoms with E-state index in [1.165, 1.54) is 20.3 Å². The van der Waals surface area contributed by atoms with E-state index in [0.717, 1.165) is 5.56 Å². The highest BCUT2D eigenvalue weighted by molar-refractivity contribution is 7.89. The lowest BCUT2D eigenvalue weighted by Gasteiger charge is -2.16. The highest BCUT2D eigenvalue weighted by atomic mass is 32.2. The maximum Gasteiger partial charge on any atom is 0.244 e. The van der Waals surface area contributed by atoms with Crippen molar-refractivity contribution in [2.45, 2.75) is 17.9 Å². The molecule has 2 rings (SSSR count). The predicted molar refractivity (Wildman–Crippen MR) is 84.7 cm³/mol. The molecule has 5 nitrogen and oxygen atoms in total. The molecule has 0 fully saturated rings. The van der Waals surface area contributed by atoms with Gasteiger partial charge in [-0.05, 0) is 24.6 Å². The molecule has 0 saturated carbocycles. The van der Waals surface area contributed by atoms with Gasteiger partial charge in [0.15, 0.2) is 0 Å². The molecule has 0 bridgehead atoms. The van der Waals surface area contributed by atoms with Crippen LogP contribution in [0.15, 0.2) is 53.4 Å². The van der Waals surface area contributed by atoms with Crippen molar-refractivity contribution in [2.24, 2.45) is 0 Å². The van der Waals surface area contributed by atoms with Gasteiger partial charge in [-0.25, -0.2) is 13.1 Å². The summed E-state index contributed by atoms with van der Waals surface area (Å²) in [5.41, 5.74) is 0.882. The fourth-order valence-corrected chi connectivity index (χ4v) is 3.52. The minimum atomic E-state index is -3.74. The predicted octanol–water partition coefficient (Wildman–Crippen LogP) is 2.74. The smallest absolute Gasteiger partial charge is 0.244 e. The normalized spacial score (nSPS) is 12.7. The average Bonchev–Trinajstić information content (AvgIpc) is 2.54. The van der Waals surface area contributed by atoms with Crippen molar-refractivity contribution in [1.82, 2.24) is 4.72 Å². The molecule has 2 aromatic carbocycles. The van der Waals surface area contributed by atoms with E-state index in [9.17, 15) is 8.42 Å². The van der Waals surface area contributed by atoms with Crippen molar-refractivity contribution in [3.63, 3.8) is 0 Å². The summed E-state index contributed by atoms with van der Waals surface area (Å²) in [6, 6.07) is 13.7. The van der Waals surface area contributed by atoms with Gasteiger partial charge in [0, 0.05) is 12.1 Å². The fourth-order valence-electron chi connectivity index (χ4n) is 2.10. The van der Waals surface area contributed by atoms with E-state index >= 15 is 0 Å². The molecule has 0 aromatic heterocycles. The molecule has 0 radical (unpaired) electrons. The Morgan fingerprint density at radius 2 is 1.68 bits per heavy atom. The molecule has 0 spiro atoms. The quantitative estimate of drug-likeness (QED) is 0.888. The molecule has 0 aliphatic carbocycles. The van der Waals surface area contributed by atoms with Crippen LogP contribution in [0.2, 0.25) is 0 Å². The molecule has 0 saturated heterocycles. The van der Waals surface area contributed by atoms with Gasteiger partial charge in [-0.1, -0.05) is 30.3 Å². The Bertz CT molecular complexity index is 729. The third-order valence-corrected chi connectivity index (χ3v) is 4.85. The van der Waals surface area contributed by atoms with Crippen molar-refractivity contribution < 1.29 is 17.9 Å². The van der Waals surface area contributed by atoms with Crippen LogP contribution < -0.4 is 14.2 Å². The van der Waals surface area contributed by atoms with Gasteiger partial charge in [0.1, 0.15) is 16.4 Å². The van der Waals surface area contributed by atoms with Crippen LogP contribution in [0.3, 0.4) is 0 Å². The van der Waals surface area contributed by atoms with Gasteiger partial charge in [0.2, 0.25) is 10.0 Å². The maximum absolute atomic E-state index is 12.6. The van der Waals surface area contributed by atoms with Crippen LogP contribution in [0.25, 0.3) is 0 Å². The second-order valence-corrected chi connectivity index (χ2v) is 6.45. The van der Waals surface area contributed by atoms with Crippen molar-refractivity contribution in [1.29, 1.82) is 0 Å². The zero-order valence-corrected chi connectivity index (χ0v) is 13.6. The lowest BCUT2D eigenvalue weighted by Crippen LogP contribution is -2.27. The summed E-state index contributed by atoms with van der Waals surface area (Å²) in [6.07, 6.45) is 0. The lowest BCUT2D eigenvalue weighted by molar-refractivity contribution is 0.391. The van der Waals surface area contributed by atoms with Gasteiger partial charge in [-0.2, -0.15) is 0 Å². The molecule has 2 aromatic rings. The molecular formula is C16H19NO4S. The number of nitrogens with one attached hydrogen (secondary N) is 1. The standard InChI is InChI=1S/C16H19NO4S/c1-12(13-7-5-4-6-8-13)17-22(18,19)16-11-14(20-2)9-10-15(16)21-3/h4-12,17H,1-3H3. The molecule has 0 aliphatic heterocycles. The summed E-state index contributed by atoms with van der Waals surface area (Å²) in [4.78, 5) is 0.0529. The monoisotopic (exact) mass is 321 g/mol. The van der Waals surface area contributed by atoms with Gasteiger partial charge in [-0.15, -0.1) is 0 Å². The van der Waals surface area contributed by atoms with Crippen LogP contribution in [-0.4, -0.2) is 22.6 Å². The summed E-state index contributed by atoms with van der Waals surface area (Å²) >= 11 is 0. The first-order valence-electron chi connectivity index (χ1n) is 6.77. The van der Waals surface area contributed by atoms with Crippen molar-refractivity contribution in [3.05, 3.63) is 54.1 Å². The zero-order valence-electron chi connectivity index (χ0n) is 12.7. The van der Waals surface area contributed by atoms with E-state index in [4.69, 9.17) is 9.47 Å². The first-order valence-corrected chi connectivity index (χ1v) is 8.25. The first kappa shape index (κ1) is 16.3. The molecule has 22 heavy (non-hydrogen) atoms. The third kappa shape index (κ3) is 3.58. The second kappa shape index (κ2) is 6.81. The first-order chi connectivity index (χ1) is 10.5. The van der Waals surface area contributed by atoms with E-state index < -0.39 is 10.0 Å². The summed E-state index contributed by atoms with van der Waals surface area (Å²) < 4.78 is 38.1. The molecule has 0 heterocycles. The molecule has 1 atom stereocenters. The van der Waals surface area contributed by atoms with Crippen molar-refractivity contribution in [2.75, 3.05) is 14.2 Å². The third-order valence-electron chi connectivity index (χ3n) is 3.29. The molecule has 0 amide bonds. The highest BCUT2D eigenvalue weighted by Crippen LogP contribution is 2.29. The summed E-state index contributed by atoms with van der Waals surface area (Å²) in [5.74, 6) is 0.724. The number of rotatable bonds is 6. The SMILES string of the molecule is COc1ccc(OC)c(S(=O)(=O)NC(C)c2ccccc2)c1. The lowest BCUT2D eigenvalue weighted by atomic mass is 10.1. The minimum Gasteiger partial charge on any atom is -0.497 e. The Morgan fingerprint density at radius 1 is 1.00 bits per heavy atom. The summed E-state index contributed by atoms with van der Waals surface area (Å²) in [7, 11) is -0.822. The Labute approximate surface area is 130 Å². The van der Waals surface area contributed by atoms with E-state index in [1.54, 1.807) is 19.1 Å². The number of benzene rings is 2. The summed E-state index contributed by atoms with van der Waals surface area (Å²) in [5, 5.41) is 0. The van der Waals surface area contributed by atoms with Crippen LogP contribution in [-0.2, 0) is 10.0 Å². The average molecular weight is 321 g/mol. The van der Waals surface area contributed by atoms with E-state index in [1.807, 2.05) is 30.3 Å². The van der Waals surface area contributed by atoms with Crippen molar-refractivity contribution >= 4 is 10.0 Å². The molecule has 1 N–H and O–H groups in total. The van der Waals surface area contributed by atoms with Crippen LogP contribution >= 0.6 is 0 Å². The largest absolute Gasteiger partial charge is 0.497 e. The van der Waals surface area contributed by atoms with Crippen LogP contribution in [0, 0.1) is 0 Å². The van der Waals surface area contributed by atoms with E-state index in [2.05, 4.69) is 4.72 Å². The van der Waals surface area contributed by atoms with Gasteiger partial charge in [0.25, 0.3) is 0 Å². The molecule has 6 heteroatoms. The number of methoxy groups -OCH3 is 2. The van der Waals surface area contributed by atoms with Gasteiger partial charge in [-0.3, -0.25) is 0 Å². The molecule has 118 valence electrons. The topological polar surface area (TPSA) is 64.6 Å². The van der Waals surface area contributed by atoms with Crippen molar-refractivity contribution in [3.8, 4) is 11.5 Å². The number of sulfonamides is 1. The Hall–Kier alpha value is -2.05. The molecular weight excluding hydrogens is 302 g/mol. The fraction of sp³-hybridized carbons (Fsp3) is 0.250. The van der Waals surface area contributed by atoms with Crippen LogP contribution in [0.1, 0.15) is 18.5 Å². The van der Waals surface area contributed by atoms with Gasteiger partial charge >= 0.3 is 0 Å². The maximum atomic E-state index is 12.6. The second-order valence-electron chi connectivity index (χ2n) is 4.77. The number of hydrogen-bond donors (Lipinski definition) is 1. The number of hydrogen-bond acceptors (Lipinski definition) is 4. The Balaban J connectivity index is 2.34. The Kier molecular flexibility index (Phi) is 5.05. The molecule has 0 aliphatic rings. The minimum absolute atomic E-state index is 0.0529. The van der Waals surface area contributed by atoms with E-state index in [-0.39, 0.29) is 16.7 Å². The van der Waals surface area contributed by atoms with Crippen LogP contribution in [0.4, 0.5) is 0 Å². The van der Waals surface area contributed by atoms with Crippen LogP contribution in [0.5, 0.6) is 11.5 Å². The van der Waals surface area contributed by atoms with Gasteiger partial charge in [0.05, 0.1) is 14.2 Å². The highest BCUT2D eigenvalue weighted by Gasteiger charge is 2.23. The van der Waals surface area contributed by atoms with E-state index in [0.29, 0.717) is 5.75 Å².